The zero-order valence-corrected chi connectivity index (χ0v) is 6.02. The molecule has 3 N–H and O–H groups in total. The van der Waals surface area contributed by atoms with E-state index in [0.29, 0.717) is 0 Å². The molecule has 12 heavy (non-hydrogen) atoms. The molecule has 1 aromatic rings. The first-order valence-electron chi connectivity index (χ1n) is 3.11. The number of pyridine rings is 1. The molecule has 1 rings (SSSR count). The van der Waals surface area contributed by atoms with Gasteiger partial charge in [0.2, 0.25) is 0 Å². The largest absolute Gasteiger partial charge is 0.475 e. The predicted molar refractivity (Wildman–Crippen MR) is 40.6 cm³/mol. The Morgan fingerprint density at radius 3 is 2.67 bits per heavy atom. The lowest BCUT2D eigenvalue weighted by Crippen LogP contribution is -2.15. The van der Waals surface area contributed by atoms with Crippen molar-refractivity contribution in [2.45, 2.75) is 0 Å². The van der Waals surface area contributed by atoms with Crippen LogP contribution in [0.15, 0.2) is 18.3 Å². The van der Waals surface area contributed by atoms with E-state index in [4.69, 9.17) is 10.8 Å². The fourth-order valence-corrected chi connectivity index (χ4v) is 0.725. The van der Waals surface area contributed by atoms with Crippen LogP contribution in [0.25, 0.3) is 0 Å². The molecule has 5 heteroatoms. The standard InChI is InChI=1S/C7H6N2O3/c8-6-4(2-1-3-9-6)5(10)7(11)12/h1-3H,(H2,8,9)(H,11,12). The number of carboxylic acid groups (broad SMARTS) is 1. The van der Waals surface area contributed by atoms with Crippen molar-refractivity contribution in [1.29, 1.82) is 0 Å². The van der Waals surface area contributed by atoms with Crippen LogP contribution >= 0.6 is 0 Å². The Morgan fingerprint density at radius 2 is 2.17 bits per heavy atom. The Kier molecular flexibility index (Phi) is 2.05. The van der Waals surface area contributed by atoms with Gasteiger partial charge in [-0.25, -0.2) is 9.78 Å². The molecule has 0 aliphatic heterocycles. The van der Waals surface area contributed by atoms with Gasteiger partial charge in [-0.2, -0.15) is 0 Å². The van der Waals surface area contributed by atoms with Gasteiger partial charge in [0.25, 0.3) is 5.78 Å². The lowest BCUT2D eigenvalue weighted by Gasteiger charge is -1.97. The van der Waals surface area contributed by atoms with Crippen LogP contribution in [0.3, 0.4) is 0 Å². The van der Waals surface area contributed by atoms with Crippen LogP contribution in [-0.4, -0.2) is 21.8 Å². The maximum Gasteiger partial charge on any atom is 0.377 e. The Hall–Kier alpha value is -1.91. The van der Waals surface area contributed by atoms with Gasteiger partial charge in [0, 0.05) is 6.20 Å². The third-order valence-electron chi connectivity index (χ3n) is 1.28. The number of hydrogen-bond acceptors (Lipinski definition) is 4. The van der Waals surface area contributed by atoms with E-state index in [1.54, 1.807) is 0 Å². The third-order valence-corrected chi connectivity index (χ3v) is 1.28. The second-order valence-electron chi connectivity index (χ2n) is 2.07. The molecule has 0 aromatic carbocycles. The first-order chi connectivity index (χ1) is 5.63. The molecule has 1 aromatic heterocycles. The number of carbonyl (C=O) groups excluding carboxylic acids is 1. The summed E-state index contributed by atoms with van der Waals surface area (Å²) in [5.41, 5.74) is 5.19. The summed E-state index contributed by atoms with van der Waals surface area (Å²) in [5, 5.41) is 8.33. The normalized spacial score (nSPS) is 9.33. The lowest BCUT2D eigenvalue weighted by molar-refractivity contribution is -0.131. The van der Waals surface area contributed by atoms with Crippen LogP contribution < -0.4 is 5.73 Å². The van der Waals surface area contributed by atoms with Crippen LogP contribution in [0.1, 0.15) is 10.4 Å². The minimum absolute atomic E-state index is 0.0649. The van der Waals surface area contributed by atoms with Gasteiger partial charge in [-0.05, 0) is 12.1 Å². The summed E-state index contributed by atoms with van der Waals surface area (Å²) in [6, 6.07) is 2.77. The smallest absolute Gasteiger partial charge is 0.377 e. The van der Waals surface area contributed by atoms with Crippen molar-refractivity contribution in [1.82, 2.24) is 4.98 Å². The van der Waals surface area contributed by atoms with Gasteiger partial charge in [0.05, 0.1) is 5.56 Å². The minimum atomic E-state index is -1.53. The quantitative estimate of drug-likeness (QED) is 0.473. The molecule has 0 aliphatic carbocycles. The molecule has 0 spiro atoms. The van der Waals surface area contributed by atoms with Crippen molar-refractivity contribution >= 4 is 17.6 Å². The summed E-state index contributed by atoms with van der Waals surface area (Å²) in [5.74, 6) is -2.64. The van der Waals surface area contributed by atoms with Crippen LogP contribution in [0.2, 0.25) is 0 Å². The number of anilines is 1. The molecule has 0 unspecified atom stereocenters. The molecule has 5 nitrogen and oxygen atoms in total. The second kappa shape index (κ2) is 3.00. The Balaban J connectivity index is 3.11. The summed E-state index contributed by atoms with van der Waals surface area (Å²) in [7, 11) is 0. The number of nitrogens with zero attached hydrogens (tertiary/aromatic N) is 1. The zero-order chi connectivity index (χ0) is 9.14. The number of Topliss-reactive ketones (excluding diaryl/α,β-unsaturated/α-hetero) is 1. The first kappa shape index (κ1) is 8.19. The van der Waals surface area contributed by atoms with E-state index >= 15 is 0 Å². The average Bonchev–Trinajstić information content (AvgIpc) is 2.04. The molecular weight excluding hydrogens is 160 g/mol. The second-order valence-corrected chi connectivity index (χ2v) is 2.07. The van der Waals surface area contributed by atoms with E-state index in [1.165, 1.54) is 18.3 Å². The number of carboxylic acids is 1. The van der Waals surface area contributed by atoms with Gasteiger partial charge in [-0.1, -0.05) is 0 Å². The monoisotopic (exact) mass is 166 g/mol. The van der Waals surface area contributed by atoms with Gasteiger partial charge in [-0.15, -0.1) is 0 Å². The van der Waals surface area contributed by atoms with E-state index < -0.39 is 11.8 Å². The van der Waals surface area contributed by atoms with E-state index in [1.807, 2.05) is 0 Å². The van der Waals surface area contributed by atoms with Crippen LogP contribution in [0.4, 0.5) is 5.82 Å². The first-order valence-corrected chi connectivity index (χ1v) is 3.11. The van der Waals surface area contributed by atoms with Gasteiger partial charge in [0.1, 0.15) is 5.82 Å². The van der Waals surface area contributed by atoms with Gasteiger partial charge in [-0.3, -0.25) is 4.79 Å². The lowest BCUT2D eigenvalue weighted by atomic mass is 10.2. The molecule has 62 valence electrons. The molecule has 0 radical (unpaired) electrons. The van der Waals surface area contributed by atoms with E-state index in [2.05, 4.69) is 4.98 Å². The predicted octanol–water partition coefficient (Wildman–Crippen LogP) is -0.0689. The zero-order valence-electron chi connectivity index (χ0n) is 6.02. The average molecular weight is 166 g/mol. The molecule has 0 atom stereocenters. The summed E-state index contributed by atoms with van der Waals surface area (Å²) < 4.78 is 0. The number of carbonyl (C=O) groups is 2. The summed E-state index contributed by atoms with van der Waals surface area (Å²) in [6.07, 6.45) is 1.38. The van der Waals surface area contributed by atoms with E-state index in [-0.39, 0.29) is 11.4 Å². The highest BCUT2D eigenvalue weighted by Crippen LogP contribution is 2.07. The molecule has 0 amide bonds. The molecule has 0 saturated heterocycles. The molecule has 0 bridgehead atoms. The Bertz CT molecular complexity index is 335. The number of aliphatic carboxylic acids is 1. The SMILES string of the molecule is Nc1ncccc1C(=O)C(=O)O. The van der Waals surface area contributed by atoms with Crippen molar-refractivity contribution in [3.8, 4) is 0 Å². The minimum Gasteiger partial charge on any atom is -0.475 e. The summed E-state index contributed by atoms with van der Waals surface area (Å²) in [6.45, 7) is 0. The van der Waals surface area contributed by atoms with Crippen LogP contribution in [0.5, 0.6) is 0 Å². The van der Waals surface area contributed by atoms with E-state index in [0.717, 1.165) is 0 Å². The maximum atomic E-state index is 10.8. The fraction of sp³-hybridized carbons (Fsp3) is 0. The summed E-state index contributed by atoms with van der Waals surface area (Å²) >= 11 is 0. The molecule has 0 aliphatic rings. The third kappa shape index (κ3) is 1.39. The van der Waals surface area contributed by atoms with Crippen molar-refractivity contribution in [3.63, 3.8) is 0 Å². The number of ketones is 1. The van der Waals surface area contributed by atoms with Gasteiger partial charge >= 0.3 is 5.97 Å². The Morgan fingerprint density at radius 1 is 1.50 bits per heavy atom. The summed E-state index contributed by atoms with van der Waals surface area (Å²) in [4.78, 5) is 24.6. The van der Waals surface area contributed by atoms with Crippen molar-refractivity contribution in [3.05, 3.63) is 23.9 Å². The van der Waals surface area contributed by atoms with Crippen LogP contribution in [-0.2, 0) is 4.79 Å². The number of aromatic nitrogens is 1. The number of nitrogens with two attached hydrogens (primary N) is 1. The van der Waals surface area contributed by atoms with Gasteiger partial charge in [0.15, 0.2) is 0 Å². The topological polar surface area (TPSA) is 93.3 Å². The van der Waals surface area contributed by atoms with Crippen molar-refractivity contribution in [2.24, 2.45) is 0 Å². The molecule has 0 saturated carbocycles. The van der Waals surface area contributed by atoms with Crippen LogP contribution in [0, 0.1) is 0 Å². The Labute approximate surface area is 67.8 Å². The van der Waals surface area contributed by atoms with E-state index in [9.17, 15) is 9.59 Å². The highest BCUT2D eigenvalue weighted by atomic mass is 16.4. The number of hydrogen-bond donors (Lipinski definition) is 2. The van der Waals surface area contributed by atoms with Crippen molar-refractivity contribution in [2.75, 3.05) is 5.73 Å². The molecule has 0 fully saturated rings. The number of rotatable bonds is 2. The number of nitrogen functional groups attached to an aromatic ring is 1. The molecular formula is C7H6N2O3. The van der Waals surface area contributed by atoms with Crippen molar-refractivity contribution < 1.29 is 14.7 Å². The fourth-order valence-electron chi connectivity index (χ4n) is 0.725. The van der Waals surface area contributed by atoms with Gasteiger partial charge < -0.3 is 10.8 Å². The highest BCUT2D eigenvalue weighted by molar-refractivity contribution is 6.40. The molecule has 1 heterocycles. The maximum absolute atomic E-state index is 10.8. The highest BCUT2D eigenvalue weighted by Gasteiger charge is 2.17.